The number of nitrogens with zero attached hydrogens (tertiary/aromatic N) is 2. The minimum absolute atomic E-state index is 0.0137. The molecule has 1 unspecified atom stereocenters. The molecule has 0 fully saturated rings. The number of anilines is 1. The Bertz CT molecular complexity index is 1140. The number of hydrogen-bond donors (Lipinski definition) is 0. The Kier molecular flexibility index (Phi) is 6.82. The van der Waals surface area contributed by atoms with Crippen LogP contribution in [0.5, 0.6) is 0 Å². The van der Waals surface area contributed by atoms with E-state index in [-0.39, 0.29) is 17.7 Å². The number of rotatable bonds is 6. The van der Waals surface area contributed by atoms with E-state index in [1.165, 1.54) is 23.1 Å². The lowest BCUT2D eigenvalue weighted by Crippen LogP contribution is -2.27. The van der Waals surface area contributed by atoms with E-state index < -0.39 is 11.6 Å². The van der Waals surface area contributed by atoms with Gasteiger partial charge in [0.25, 0.3) is 0 Å². The zero-order valence-electron chi connectivity index (χ0n) is 18.7. The summed E-state index contributed by atoms with van der Waals surface area (Å²) in [6.07, 6.45) is 1.67. The molecule has 0 aliphatic carbocycles. The Morgan fingerprint density at radius 3 is 2.21 bits per heavy atom. The molecule has 1 aliphatic heterocycles. The van der Waals surface area contributed by atoms with Crippen LogP contribution in [0.25, 0.3) is 11.1 Å². The highest BCUT2D eigenvalue weighted by Gasteiger charge is 2.24. The number of hydrogen-bond acceptors (Lipinski definition) is 3. The van der Waals surface area contributed by atoms with Crippen LogP contribution in [0.1, 0.15) is 43.4 Å². The lowest BCUT2D eigenvalue weighted by molar-refractivity contribution is 0.155. The fraction of sp³-hybridized carbons (Fsp3) is 0.259. The standard InChI is InChI=1S/C27H26F2N2O2/c1-3-17-33-27(32)31(2)21-13-11-19(12-14-21)18-7-9-20(10-8-18)24-15-16-25(30-24)26-22(28)5-4-6-23(26)29/h4-14,24H,3,15-17H2,1-2H3. The number of carbonyl (C=O) groups excluding carboxylic acids is 1. The minimum atomic E-state index is -0.572. The van der Waals surface area contributed by atoms with Crippen molar-refractivity contribution in [3.63, 3.8) is 0 Å². The third-order valence-corrected chi connectivity index (χ3v) is 5.80. The van der Waals surface area contributed by atoms with E-state index in [9.17, 15) is 13.6 Å². The van der Waals surface area contributed by atoms with Gasteiger partial charge in [0.2, 0.25) is 0 Å². The molecule has 1 aliphatic rings. The molecule has 0 saturated heterocycles. The Morgan fingerprint density at radius 2 is 1.61 bits per heavy atom. The van der Waals surface area contributed by atoms with Crippen LogP contribution in [0.15, 0.2) is 71.7 Å². The highest BCUT2D eigenvalue weighted by atomic mass is 19.1. The normalized spacial score (nSPS) is 15.3. The largest absolute Gasteiger partial charge is 0.449 e. The minimum Gasteiger partial charge on any atom is -0.449 e. The van der Waals surface area contributed by atoms with Crippen LogP contribution in [-0.4, -0.2) is 25.5 Å². The third-order valence-electron chi connectivity index (χ3n) is 5.80. The highest BCUT2D eigenvalue weighted by Crippen LogP contribution is 2.33. The topological polar surface area (TPSA) is 41.9 Å². The first-order valence-corrected chi connectivity index (χ1v) is 11.1. The molecule has 3 aromatic rings. The summed E-state index contributed by atoms with van der Waals surface area (Å²) >= 11 is 0. The number of aliphatic imine (C=N–C) groups is 1. The lowest BCUT2D eigenvalue weighted by atomic mass is 9.99. The molecule has 170 valence electrons. The van der Waals surface area contributed by atoms with Gasteiger partial charge in [-0.05, 0) is 60.2 Å². The summed E-state index contributed by atoms with van der Waals surface area (Å²) in [5.74, 6) is -1.14. The summed E-state index contributed by atoms with van der Waals surface area (Å²) in [5.41, 5.74) is 4.29. The SMILES string of the molecule is CCCOC(=O)N(C)c1ccc(-c2ccc(C3CCC(c4c(F)cccc4F)=N3)cc2)cc1. The lowest BCUT2D eigenvalue weighted by Gasteiger charge is -2.17. The van der Waals surface area contributed by atoms with Gasteiger partial charge in [-0.2, -0.15) is 0 Å². The van der Waals surface area contributed by atoms with E-state index in [1.807, 2.05) is 55.5 Å². The van der Waals surface area contributed by atoms with Gasteiger partial charge in [0.1, 0.15) is 11.6 Å². The summed E-state index contributed by atoms with van der Waals surface area (Å²) in [7, 11) is 1.69. The first-order valence-electron chi connectivity index (χ1n) is 11.1. The van der Waals surface area contributed by atoms with Crippen molar-refractivity contribution in [3.8, 4) is 11.1 Å². The molecule has 0 spiro atoms. The Hall–Kier alpha value is -3.54. The molecule has 1 amide bonds. The van der Waals surface area contributed by atoms with Gasteiger partial charge in [0, 0.05) is 18.4 Å². The fourth-order valence-corrected chi connectivity index (χ4v) is 3.96. The first kappa shape index (κ1) is 22.6. The second kappa shape index (κ2) is 9.94. The summed E-state index contributed by atoms with van der Waals surface area (Å²) in [6, 6.07) is 19.5. The van der Waals surface area contributed by atoms with Crippen LogP contribution in [0, 0.1) is 11.6 Å². The number of amides is 1. The molecular weight excluding hydrogens is 422 g/mol. The van der Waals surface area contributed by atoms with E-state index in [0.29, 0.717) is 18.7 Å². The molecule has 0 aromatic heterocycles. The molecule has 4 rings (SSSR count). The molecule has 4 nitrogen and oxygen atoms in total. The smallest absolute Gasteiger partial charge is 0.414 e. The maximum Gasteiger partial charge on any atom is 0.414 e. The number of benzene rings is 3. The van der Waals surface area contributed by atoms with Crippen molar-refractivity contribution in [1.82, 2.24) is 0 Å². The van der Waals surface area contributed by atoms with E-state index in [2.05, 4.69) is 4.99 Å². The van der Waals surface area contributed by atoms with Gasteiger partial charge in [-0.1, -0.05) is 49.4 Å². The second-order valence-electron chi connectivity index (χ2n) is 8.07. The van der Waals surface area contributed by atoms with Crippen molar-refractivity contribution in [3.05, 3.63) is 89.5 Å². The van der Waals surface area contributed by atoms with E-state index in [1.54, 1.807) is 7.05 Å². The van der Waals surface area contributed by atoms with Gasteiger partial charge < -0.3 is 4.74 Å². The van der Waals surface area contributed by atoms with Gasteiger partial charge in [-0.15, -0.1) is 0 Å². The van der Waals surface area contributed by atoms with Crippen LogP contribution < -0.4 is 4.90 Å². The maximum atomic E-state index is 14.1. The van der Waals surface area contributed by atoms with Crippen LogP contribution in [0.3, 0.4) is 0 Å². The van der Waals surface area contributed by atoms with Crippen LogP contribution in [0.4, 0.5) is 19.3 Å². The summed E-state index contributed by atoms with van der Waals surface area (Å²) in [6.45, 7) is 2.35. The number of carbonyl (C=O) groups is 1. The molecular formula is C27H26F2N2O2. The van der Waals surface area contributed by atoms with Crippen molar-refractivity contribution in [2.75, 3.05) is 18.6 Å². The monoisotopic (exact) mass is 448 g/mol. The predicted molar refractivity (Wildman–Crippen MR) is 127 cm³/mol. The van der Waals surface area contributed by atoms with Gasteiger partial charge in [0.15, 0.2) is 0 Å². The number of halogens is 2. The van der Waals surface area contributed by atoms with E-state index in [4.69, 9.17) is 4.74 Å². The van der Waals surface area contributed by atoms with Crippen molar-refractivity contribution >= 4 is 17.5 Å². The summed E-state index contributed by atoms with van der Waals surface area (Å²) in [4.78, 5) is 18.1. The predicted octanol–water partition coefficient (Wildman–Crippen LogP) is 6.94. The average Bonchev–Trinajstić information content (AvgIpc) is 3.32. The van der Waals surface area contributed by atoms with E-state index >= 15 is 0 Å². The van der Waals surface area contributed by atoms with Crippen LogP contribution in [0.2, 0.25) is 0 Å². The maximum absolute atomic E-state index is 14.1. The summed E-state index contributed by atoms with van der Waals surface area (Å²) < 4.78 is 33.4. The van der Waals surface area contributed by atoms with E-state index in [0.717, 1.165) is 35.2 Å². The van der Waals surface area contributed by atoms with Crippen LogP contribution in [-0.2, 0) is 4.74 Å². The zero-order valence-corrected chi connectivity index (χ0v) is 18.7. The zero-order chi connectivity index (χ0) is 23.4. The second-order valence-corrected chi connectivity index (χ2v) is 8.07. The fourth-order valence-electron chi connectivity index (χ4n) is 3.96. The number of ether oxygens (including phenoxy) is 1. The van der Waals surface area contributed by atoms with Crippen molar-refractivity contribution in [1.29, 1.82) is 0 Å². The Morgan fingerprint density at radius 1 is 1.00 bits per heavy atom. The third kappa shape index (κ3) is 4.95. The van der Waals surface area contributed by atoms with Crippen molar-refractivity contribution < 1.29 is 18.3 Å². The van der Waals surface area contributed by atoms with Gasteiger partial charge in [-0.3, -0.25) is 9.89 Å². The van der Waals surface area contributed by atoms with Crippen LogP contribution >= 0.6 is 0 Å². The van der Waals surface area contributed by atoms with Gasteiger partial charge >= 0.3 is 6.09 Å². The molecule has 6 heteroatoms. The molecule has 1 heterocycles. The van der Waals surface area contributed by atoms with Crippen molar-refractivity contribution in [2.24, 2.45) is 4.99 Å². The molecule has 0 radical (unpaired) electrons. The molecule has 33 heavy (non-hydrogen) atoms. The average molecular weight is 449 g/mol. The quantitative estimate of drug-likeness (QED) is 0.410. The Labute approximate surface area is 192 Å². The first-order chi connectivity index (χ1) is 16.0. The highest BCUT2D eigenvalue weighted by molar-refractivity contribution is 6.02. The molecule has 0 saturated carbocycles. The van der Waals surface area contributed by atoms with Crippen molar-refractivity contribution in [2.45, 2.75) is 32.2 Å². The van der Waals surface area contributed by atoms with Gasteiger partial charge in [-0.25, -0.2) is 13.6 Å². The molecule has 0 bridgehead atoms. The molecule has 0 N–H and O–H groups in total. The molecule has 1 atom stereocenters. The Balaban J connectivity index is 1.47. The molecule has 3 aromatic carbocycles. The van der Waals surface area contributed by atoms with Gasteiger partial charge in [0.05, 0.1) is 18.2 Å². The summed E-state index contributed by atoms with van der Waals surface area (Å²) in [5, 5.41) is 0.